The van der Waals surface area contributed by atoms with Gasteiger partial charge in [0.05, 0.1) is 0 Å². The fraction of sp³-hybridized carbons (Fsp3) is 0.429. The van der Waals surface area contributed by atoms with E-state index in [-0.39, 0.29) is 0 Å². The van der Waals surface area contributed by atoms with Gasteiger partial charge in [0.1, 0.15) is 0 Å². The van der Waals surface area contributed by atoms with Gasteiger partial charge in [0, 0.05) is 0 Å². The van der Waals surface area contributed by atoms with Crippen LogP contribution in [0.1, 0.15) is 19.8 Å². The second kappa shape index (κ2) is 3.79. The molecule has 0 bridgehead atoms. The van der Waals surface area contributed by atoms with Gasteiger partial charge in [-0.05, 0) is 16.9 Å². The zero-order valence-corrected chi connectivity index (χ0v) is 6.17. The third kappa shape index (κ3) is 2.92. The van der Waals surface area contributed by atoms with E-state index < -0.39 is 0 Å². The molecule has 0 saturated carbocycles. The molecule has 8 heavy (non-hydrogen) atoms. The Hall–Kier alpha value is -0.170. The van der Waals surface area contributed by atoms with Crippen LogP contribution in [-0.2, 0) is 0 Å². The predicted molar refractivity (Wildman–Crippen MR) is 42.2 cm³/mol. The summed E-state index contributed by atoms with van der Waals surface area (Å²) >= 11 is 4.03. The Labute approximate surface area is 56.7 Å². The minimum absolute atomic E-state index is 0.812. The summed E-state index contributed by atoms with van der Waals surface area (Å²) in [6.45, 7) is 9.52. The van der Waals surface area contributed by atoms with Crippen LogP contribution >= 0.6 is 12.6 Å². The van der Waals surface area contributed by atoms with Gasteiger partial charge in [0.2, 0.25) is 0 Å². The SMILES string of the molecule is C=C(S)C(=C)CCC. The summed E-state index contributed by atoms with van der Waals surface area (Å²) in [4.78, 5) is 0.812. The molecule has 0 aromatic rings. The highest BCUT2D eigenvalue weighted by Crippen LogP contribution is 2.13. The molecular formula is C7H12S. The first-order valence-electron chi connectivity index (χ1n) is 2.74. The van der Waals surface area contributed by atoms with Crippen LogP contribution in [0, 0.1) is 0 Å². The highest BCUT2D eigenvalue weighted by molar-refractivity contribution is 7.84. The molecule has 0 radical (unpaired) electrons. The molecule has 0 unspecified atom stereocenters. The fourth-order valence-electron chi connectivity index (χ4n) is 0.446. The summed E-state index contributed by atoms with van der Waals surface area (Å²) in [6, 6.07) is 0. The molecule has 0 nitrogen and oxygen atoms in total. The molecule has 0 aromatic heterocycles. The van der Waals surface area contributed by atoms with Gasteiger partial charge in [-0.1, -0.05) is 26.5 Å². The zero-order valence-electron chi connectivity index (χ0n) is 5.28. The molecule has 0 fully saturated rings. The maximum atomic E-state index is 4.03. The van der Waals surface area contributed by atoms with Crippen LogP contribution in [0.25, 0.3) is 0 Å². The molecular weight excluding hydrogens is 116 g/mol. The van der Waals surface area contributed by atoms with Gasteiger partial charge in [0.25, 0.3) is 0 Å². The number of hydrogen-bond donors (Lipinski definition) is 1. The third-order valence-electron chi connectivity index (χ3n) is 0.960. The number of hydrogen-bond acceptors (Lipinski definition) is 1. The van der Waals surface area contributed by atoms with Crippen LogP contribution in [-0.4, -0.2) is 0 Å². The molecule has 0 amide bonds. The molecule has 46 valence electrons. The minimum Gasteiger partial charge on any atom is -0.144 e. The standard InChI is InChI=1S/C7H12S/c1-4-5-6(2)7(3)8/h8H,2-5H2,1H3. The smallest absolute Gasteiger partial charge is 0.000584 e. The molecule has 0 aliphatic rings. The number of rotatable bonds is 3. The maximum Gasteiger partial charge on any atom is -0.000584 e. The van der Waals surface area contributed by atoms with Gasteiger partial charge in [-0.2, -0.15) is 0 Å². The molecule has 0 aliphatic carbocycles. The summed E-state index contributed by atoms with van der Waals surface area (Å²) < 4.78 is 0. The Morgan fingerprint density at radius 1 is 1.50 bits per heavy atom. The monoisotopic (exact) mass is 128 g/mol. The minimum atomic E-state index is 0.812. The summed E-state index contributed by atoms with van der Waals surface area (Å²) in [6.07, 6.45) is 2.14. The first-order chi connectivity index (χ1) is 3.68. The highest BCUT2D eigenvalue weighted by Gasteiger charge is 1.90. The van der Waals surface area contributed by atoms with Gasteiger partial charge in [-0.25, -0.2) is 0 Å². The second-order valence-corrected chi connectivity index (χ2v) is 2.34. The summed E-state index contributed by atoms with van der Waals surface area (Å²) in [7, 11) is 0. The van der Waals surface area contributed by atoms with Crippen molar-refractivity contribution in [2.24, 2.45) is 0 Å². The topological polar surface area (TPSA) is 0 Å². The maximum absolute atomic E-state index is 4.03. The van der Waals surface area contributed by atoms with Crippen molar-refractivity contribution in [1.29, 1.82) is 0 Å². The van der Waals surface area contributed by atoms with Crippen molar-refractivity contribution in [2.75, 3.05) is 0 Å². The van der Waals surface area contributed by atoms with Gasteiger partial charge in [0.15, 0.2) is 0 Å². The van der Waals surface area contributed by atoms with Gasteiger partial charge in [-0.3, -0.25) is 0 Å². The first kappa shape index (κ1) is 7.83. The van der Waals surface area contributed by atoms with E-state index in [1.54, 1.807) is 0 Å². The Kier molecular flexibility index (Phi) is 3.71. The second-order valence-electron chi connectivity index (χ2n) is 1.80. The summed E-state index contributed by atoms with van der Waals surface area (Å²) in [5.74, 6) is 0. The third-order valence-corrected chi connectivity index (χ3v) is 1.28. The molecule has 0 saturated heterocycles. The van der Waals surface area contributed by atoms with E-state index in [1.165, 1.54) is 0 Å². The predicted octanol–water partition coefficient (Wildman–Crippen LogP) is 2.79. The molecule has 0 spiro atoms. The molecule has 0 N–H and O–H groups in total. The Morgan fingerprint density at radius 2 is 2.00 bits per heavy atom. The van der Waals surface area contributed by atoms with Gasteiger partial charge in [-0.15, -0.1) is 12.6 Å². The lowest BCUT2D eigenvalue weighted by Gasteiger charge is -1.98. The first-order valence-corrected chi connectivity index (χ1v) is 3.19. The number of allylic oxidation sites excluding steroid dienone is 1. The van der Waals surface area contributed by atoms with Gasteiger partial charge >= 0.3 is 0 Å². The molecule has 0 heterocycles. The van der Waals surface area contributed by atoms with Crippen molar-refractivity contribution in [3.8, 4) is 0 Å². The van der Waals surface area contributed by atoms with E-state index in [1.807, 2.05) is 0 Å². The largest absolute Gasteiger partial charge is 0.144 e. The molecule has 0 atom stereocenters. The lowest BCUT2D eigenvalue weighted by Crippen LogP contribution is -1.76. The van der Waals surface area contributed by atoms with Crippen LogP contribution in [0.4, 0.5) is 0 Å². The number of thiol groups is 1. The molecule has 0 aliphatic heterocycles. The van der Waals surface area contributed by atoms with Crippen molar-refractivity contribution in [2.45, 2.75) is 19.8 Å². The van der Waals surface area contributed by atoms with Crippen LogP contribution in [0.3, 0.4) is 0 Å². The fourth-order valence-corrected chi connectivity index (χ4v) is 0.558. The average Bonchev–Trinajstić information content (AvgIpc) is 1.67. The van der Waals surface area contributed by atoms with Crippen LogP contribution < -0.4 is 0 Å². The van der Waals surface area contributed by atoms with Crippen LogP contribution in [0.5, 0.6) is 0 Å². The van der Waals surface area contributed by atoms with E-state index in [2.05, 4.69) is 32.7 Å². The lowest BCUT2D eigenvalue weighted by atomic mass is 10.2. The Morgan fingerprint density at radius 3 is 2.12 bits per heavy atom. The normalized spacial score (nSPS) is 8.75. The van der Waals surface area contributed by atoms with Crippen molar-refractivity contribution in [3.05, 3.63) is 23.6 Å². The van der Waals surface area contributed by atoms with E-state index in [9.17, 15) is 0 Å². The Bertz CT molecular complexity index is 103. The van der Waals surface area contributed by atoms with E-state index >= 15 is 0 Å². The summed E-state index contributed by atoms with van der Waals surface area (Å²) in [5.41, 5.74) is 1.05. The average molecular weight is 128 g/mol. The quantitative estimate of drug-likeness (QED) is 0.438. The van der Waals surface area contributed by atoms with Gasteiger partial charge < -0.3 is 0 Å². The molecule has 0 rings (SSSR count). The van der Waals surface area contributed by atoms with E-state index in [0.29, 0.717) is 0 Å². The zero-order chi connectivity index (χ0) is 6.57. The van der Waals surface area contributed by atoms with Crippen molar-refractivity contribution < 1.29 is 0 Å². The van der Waals surface area contributed by atoms with E-state index in [0.717, 1.165) is 23.3 Å². The van der Waals surface area contributed by atoms with Crippen molar-refractivity contribution >= 4 is 12.6 Å². The van der Waals surface area contributed by atoms with Crippen molar-refractivity contribution in [1.82, 2.24) is 0 Å². The molecule has 0 aromatic carbocycles. The molecule has 1 heteroatoms. The van der Waals surface area contributed by atoms with E-state index in [4.69, 9.17) is 0 Å². The van der Waals surface area contributed by atoms with Crippen molar-refractivity contribution in [3.63, 3.8) is 0 Å². The van der Waals surface area contributed by atoms with Crippen LogP contribution in [0.2, 0.25) is 0 Å². The summed E-state index contributed by atoms with van der Waals surface area (Å²) in [5, 5.41) is 0. The van der Waals surface area contributed by atoms with Crippen LogP contribution in [0.15, 0.2) is 23.6 Å². The highest BCUT2D eigenvalue weighted by atomic mass is 32.1. The lowest BCUT2D eigenvalue weighted by molar-refractivity contribution is 0.928. The Balaban J connectivity index is 3.49.